The van der Waals surface area contributed by atoms with E-state index < -0.39 is 0 Å². The number of nitrogen functional groups attached to an aromatic ring is 1. The SMILES string of the molecule is CCN(C(=O)CCc1ccccc1N)C(C)c1ccc(F)cc1. The molecule has 0 aromatic heterocycles. The van der Waals surface area contributed by atoms with Crippen LogP contribution in [0.25, 0.3) is 0 Å². The fraction of sp³-hybridized carbons (Fsp3) is 0.316. The molecule has 2 aromatic carbocycles. The van der Waals surface area contributed by atoms with Gasteiger partial charge in [-0.05, 0) is 49.6 Å². The minimum atomic E-state index is -0.269. The second-order valence-electron chi connectivity index (χ2n) is 5.61. The third-order valence-corrected chi connectivity index (χ3v) is 4.14. The molecule has 1 amide bonds. The predicted molar refractivity (Wildman–Crippen MR) is 91.4 cm³/mol. The smallest absolute Gasteiger partial charge is 0.223 e. The van der Waals surface area contributed by atoms with Gasteiger partial charge in [0.25, 0.3) is 0 Å². The molecule has 122 valence electrons. The van der Waals surface area contributed by atoms with Gasteiger partial charge in [-0.2, -0.15) is 0 Å². The van der Waals surface area contributed by atoms with Crippen LogP contribution >= 0.6 is 0 Å². The number of carbonyl (C=O) groups excluding carboxylic acids is 1. The fourth-order valence-corrected chi connectivity index (χ4v) is 2.73. The summed E-state index contributed by atoms with van der Waals surface area (Å²) in [4.78, 5) is 14.4. The van der Waals surface area contributed by atoms with Gasteiger partial charge in [0.2, 0.25) is 5.91 Å². The highest BCUT2D eigenvalue weighted by molar-refractivity contribution is 5.77. The number of halogens is 1. The predicted octanol–water partition coefficient (Wildman–Crippen LogP) is 3.95. The van der Waals surface area contributed by atoms with Crippen molar-refractivity contribution < 1.29 is 9.18 Å². The van der Waals surface area contributed by atoms with Gasteiger partial charge in [0.1, 0.15) is 5.82 Å². The molecule has 0 aliphatic carbocycles. The molecular weight excluding hydrogens is 291 g/mol. The molecule has 4 heteroatoms. The Labute approximate surface area is 136 Å². The van der Waals surface area contributed by atoms with Crippen molar-refractivity contribution in [3.8, 4) is 0 Å². The molecule has 3 nitrogen and oxygen atoms in total. The summed E-state index contributed by atoms with van der Waals surface area (Å²) >= 11 is 0. The summed E-state index contributed by atoms with van der Waals surface area (Å²) in [5, 5.41) is 0. The van der Waals surface area contributed by atoms with Gasteiger partial charge >= 0.3 is 0 Å². The van der Waals surface area contributed by atoms with Crippen molar-refractivity contribution in [3.63, 3.8) is 0 Å². The van der Waals surface area contributed by atoms with Gasteiger partial charge in [-0.25, -0.2) is 4.39 Å². The van der Waals surface area contributed by atoms with Gasteiger partial charge < -0.3 is 10.6 Å². The first-order chi connectivity index (χ1) is 11.0. The molecule has 0 saturated heterocycles. The maximum atomic E-state index is 13.0. The number of hydrogen-bond donors (Lipinski definition) is 1. The largest absolute Gasteiger partial charge is 0.399 e. The third-order valence-electron chi connectivity index (χ3n) is 4.14. The number of rotatable bonds is 6. The summed E-state index contributed by atoms with van der Waals surface area (Å²) in [6.07, 6.45) is 1.03. The van der Waals surface area contributed by atoms with Crippen LogP contribution in [0, 0.1) is 5.82 Å². The summed E-state index contributed by atoms with van der Waals surface area (Å²) < 4.78 is 13.0. The second-order valence-corrected chi connectivity index (χ2v) is 5.61. The number of hydrogen-bond acceptors (Lipinski definition) is 2. The zero-order valence-corrected chi connectivity index (χ0v) is 13.6. The lowest BCUT2D eigenvalue weighted by Gasteiger charge is -2.28. The molecule has 1 unspecified atom stereocenters. The summed E-state index contributed by atoms with van der Waals surface area (Å²) in [5.74, 6) is -0.192. The van der Waals surface area contributed by atoms with Crippen LogP contribution < -0.4 is 5.73 Å². The van der Waals surface area contributed by atoms with Gasteiger partial charge in [-0.15, -0.1) is 0 Å². The van der Waals surface area contributed by atoms with Crippen molar-refractivity contribution in [1.82, 2.24) is 4.90 Å². The number of carbonyl (C=O) groups is 1. The van der Waals surface area contributed by atoms with E-state index in [9.17, 15) is 9.18 Å². The van der Waals surface area contributed by atoms with Crippen molar-refractivity contribution in [1.29, 1.82) is 0 Å². The van der Waals surface area contributed by atoms with Crippen LogP contribution in [0.3, 0.4) is 0 Å². The topological polar surface area (TPSA) is 46.3 Å². The number of aryl methyl sites for hydroxylation is 1. The molecule has 0 saturated carbocycles. The van der Waals surface area contributed by atoms with Crippen LogP contribution in [0.1, 0.15) is 37.4 Å². The average Bonchev–Trinajstić information content (AvgIpc) is 2.55. The fourth-order valence-electron chi connectivity index (χ4n) is 2.73. The van der Waals surface area contributed by atoms with Crippen LogP contribution in [-0.2, 0) is 11.2 Å². The molecule has 2 N–H and O–H groups in total. The number of para-hydroxylation sites is 1. The number of amides is 1. The quantitative estimate of drug-likeness (QED) is 0.821. The molecule has 23 heavy (non-hydrogen) atoms. The minimum Gasteiger partial charge on any atom is -0.399 e. The zero-order chi connectivity index (χ0) is 16.8. The normalized spacial score (nSPS) is 12.0. The number of anilines is 1. The van der Waals surface area contributed by atoms with Crippen molar-refractivity contribution in [2.24, 2.45) is 0 Å². The molecular formula is C19H23FN2O. The lowest BCUT2D eigenvalue weighted by Crippen LogP contribution is -2.33. The van der Waals surface area contributed by atoms with E-state index >= 15 is 0 Å². The van der Waals surface area contributed by atoms with Gasteiger partial charge in [-0.3, -0.25) is 4.79 Å². The summed E-state index contributed by atoms with van der Waals surface area (Å²) in [6, 6.07) is 13.8. The molecule has 0 radical (unpaired) electrons. The Balaban J connectivity index is 2.03. The van der Waals surface area contributed by atoms with Crippen molar-refractivity contribution in [3.05, 3.63) is 65.5 Å². The molecule has 0 heterocycles. The van der Waals surface area contributed by atoms with E-state index in [2.05, 4.69) is 0 Å². The minimum absolute atomic E-state index is 0.0765. The molecule has 0 bridgehead atoms. The van der Waals surface area contributed by atoms with Gasteiger partial charge in [0.05, 0.1) is 6.04 Å². The summed E-state index contributed by atoms with van der Waals surface area (Å²) in [5.41, 5.74) is 8.56. The van der Waals surface area contributed by atoms with Crippen LogP contribution in [0.15, 0.2) is 48.5 Å². The summed E-state index contributed by atoms with van der Waals surface area (Å²) in [6.45, 7) is 4.53. The van der Waals surface area contributed by atoms with E-state index in [0.717, 1.165) is 16.8 Å². The van der Waals surface area contributed by atoms with Crippen LogP contribution in [0.2, 0.25) is 0 Å². The molecule has 0 fully saturated rings. The average molecular weight is 314 g/mol. The molecule has 2 aromatic rings. The van der Waals surface area contributed by atoms with Gasteiger partial charge in [0, 0.05) is 18.7 Å². The highest BCUT2D eigenvalue weighted by atomic mass is 19.1. The van der Waals surface area contributed by atoms with E-state index in [4.69, 9.17) is 5.73 Å². The van der Waals surface area contributed by atoms with Crippen molar-refractivity contribution in [2.45, 2.75) is 32.7 Å². The number of nitrogens with two attached hydrogens (primary N) is 1. The first-order valence-electron chi connectivity index (χ1n) is 7.91. The first-order valence-corrected chi connectivity index (χ1v) is 7.91. The Morgan fingerprint density at radius 3 is 2.43 bits per heavy atom. The lowest BCUT2D eigenvalue weighted by atomic mass is 10.0. The van der Waals surface area contributed by atoms with E-state index in [1.165, 1.54) is 12.1 Å². The zero-order valence-electron chi connectivity index (χ0n) is 13.6. The first kappa shape index (κ1) is 17.0. The highest BCUT2D eigenvalue weighted by Gasteiger charge is 2.19. The molecule has 0 spiro atoms. The molecule has 2 rings (SSSR count). The number of nitrogens with zero attached hydrogens (tertiary/aromatic N) is 1. The Kier molecular flexibility index (Phi) is 5.74. The Morgan fingerprint density at radius 2 is 1.83 bits per heavy atom. The van der Waals surface area contributed by atoms with Crippen molar-refractivity contribution >= 4 is 11.6 Å². The van der Waals surface area contributed by atoms with E-state index in [-0.39, 0.29) is 17.8 Å². The highest BCUT2D eigenvalue weighted by Crippen LogP contribution is 2.22. The maximum absolute atomic E-state index is 13.0. The van der Waals surface area contributed by atoms with E-state index in [1.54, 1.807) is 12.1 Å². The maximum Gasteiger partial charge on any atom is 0.223 e. The van der Waals surface area contributed by atoms with Crippen molar-refractivity contribution in [2.75, 3.05) is 12.3 Å². The Morgan fingerprint density at radius 1 is 1.17 bits per heavy atom. The second kappa shape index (κ2) is 7.77. The van der Waals surface area contributed by atoms with Crippen LogP contribution in [0.4, 0.5) is 10.1 Å². The van der Waals surface area contributed by atoms with Gasteiger partial charge in [-0.1, -0.05) is 30.3 Å². The molecule has 1 atom stereocenters. The number of benzene rings is 2. The van der Waals surface area contributed by atoms with E-state index in [1.807, 2.05) is 43.0 Å². The standard InChI is InChI=1S/C19H23FN2O/c1-3-22(14(2)15-8-11-17(20)12-9-15)19(23)13-10-16-6-4-5-7-18(16)21/h4-9,11-12,14H,3,10,13,21H2,1-2H3. The molecule has 0 aliphatic rings. The Hall–Kier alpha value is -2.36. The lowest BCUT2D eigenvalue weighted by molar-refractivity contribution is -0.133. The third kappa shape index (κ3) is 4.31. The molecule has 0 aliphatic heterocycles. The van der Waals surface area contributed by atoms with E-state index in [0.29, 0.717) is 19.4 Å². The van der Waals surface area contributed by atoms with Crippen LogP contribution in [0.5, 0.6) is 0 Å². The summed E-state index contributed by atoms with van der Waals surface area (Å²) in [7, 11) is 0. The van der Waals surface area contributed by atoms with Crippen LogP contribution in [-0.4, -0.2) is 17.4 Å². The Bertz CT molecular complexity index is 655. The monoisotopic (exact) mass is 314 g/mol. The van der Waals surface area contributed by atoms with Gasteiger partial charge in [0.15, 0.2) is 0 Å².